The summed E-state index contributed by atoms with van der Waals surface area (Å²) in [5.74, 6) is 0.270. The monoisotopic (exact) mass is 230 g/mol. The number of rotatable bonds is 3. The van der Waals surface area contributed by atoms with Gasteiger partial charge in [0.2, 0.25) is 0 Å². The Morgan fingerprint density at radius 2 is 1.53 bits per heavy atom. The Kier molecular flexibility index (Phi) is 3.07. The maximum atomic E-state index is 10.5. The number of hydrogen-bond donors (Lipinski definition) is 2. The van der Waals surface area contributed by atoms with E-state index in [0.29, 0.717) is 12.8 Å². The number of fused-ring (bicyclic) bond motifs is 1. The molecule has 0 heterocycles. The standard InChI is InChI=1S/C15H18O2/c1-3-15(17,4-2)13-7-5-12-10-14(16)8-6-11(12)9-13/h5-10,16-17H,3-4H2,1-2H3. The molecular formula is C15H18O2. The van der Waals surface area contributed by atoms with Crippen LogP contribution >= 0.6 is 0 Å². The van der Waals surface area contributed by atoms with Crippen LogP contribution in [0.5, 0.6) is 5.75 Å². The van der Waals surface area contributed by atoms with Crippen molar-refractivity contribution in [3.8, 4) is 5.75 Å². The molecule has 0 aromatic heterocycles. The quantitative estimate of drug-likeness (QED) is 0.846. The van der Waals surface area contributed by atoms with Gasteiger partial charge in [0, 0.05) is 0 Å². The van der Waals surface area contributed by atoms with Crippen LogP contribution in [0.15, 0.2) is 36.4 Å². The van der Waals surface area contributed by atoms with E-state index in [-0.39, 0.29) is 5.75 Å². The zero-order chi connectivity index (χ0) is 12.5. The van der Waals surface area contributed by atoms with Gasteiger partial charge in [-0.3, -0.25) is 0 Å². The van der Waals surface area contributed by atoms with Gasteiger partial charge in [-0.25, -0.2) is 0 Å². The third-order valence-electron chi connectivity index (χ3n) is 3.53. The fourth-order valence-electron chi connectivity index (χ4n) is 2.18. The lowest BCUT2D eigenvalue weighted by atomic mass is 9.87. The van der Waals surface area contributed by atoms with Crippen LogP contribution in [0.1, 0.15) is 32.3 Å². The van der Waals surface area contributed by atoms with E-state index >= 15 is 0 Å². The molecule has 0 saturated heterocycles. The van der Waals surface area contributed by atoms with Crippen LogP contribution in [-0.2, 0) is 5.60 Å². The molecule has 90 valence electrons. The summed E-state index contributed by atoms with van der Waals surface area (Å²) >= 11 is 0. The van der Waals surface area contributed by atoms with Gasteiger partial charge in [0.15, 0.2) is 0 Å². The number of benzene rings is 2. The van der Waals surface area contributed by atoms with Crippen molar-refractivity contribution in [1.29, 1.82) is 0 Å². The van der Waals surface area contributed by atoms with Gasteiger partial charge in [-0.15, -0.1) is 0 Å². The number of aliphatic hydroxyl groups is 1. The Morgan fingerprint density at radius 3 is 2.18 bits per heavy atom. The Labute approximate surface area is 102 Å². The predicted octanol–water partition coefficient (Wildman–Crippen LogP) is 3.55. The summed E-state index contributed by atoms with van der Waals surface area (Å²) in [4.78, 5) is 0. The molecule has 0 fully saturated rings. The summed E-state index contributed by atoms with van der Waals surface area (Å²) < 4.78 is 0. The molecule has 0 unspecified atom stereocenters. The summed E-state index contributed by atoms with van der Waals surface area (Å²) in [6, 6.07) is 11.2. The second-order valence-electron chi connectivity index (χ2n) is 4.48. The maximum absolute atomic E-state index is 10.5. The number of phenolic OH excluding ortho intramolecular Hbond substituents is 1. The van der Waals surface area contributed by atoms with Crippen molar-refractivity contribution in [2.45, 2.75) is 32.3 Å². The minimum atomic E-state index is -0.744. The summed E-state index contributed by atoms with van der Waals surface area (Å²) in [5, 5.41) is 21.9. The fraction of sp³-hybridized carbons (Fsp3) is 0.333. The van der Waals surface area contributed by atoms with Crippen molar-refractivity contribution >= 4 is 10.8 Å². The van der Waals surface area contributed by atoms with Gasteiger partial charge in [-0.05, 0) is 47.4 Å². The first kappa shape index (κ1) is 11.9. The Hall–Kier alpha value is -1.54. The Balaban J connectivity index is 2.55. The molecule has 2 aromatic rings. The van der Waals surface area contributed by atoms with Crippen LogP contribution in [0.4, 0.5) is 0 Å². The fourth-order valence-corrected chi connectivity index (χ4v) is 2.18. The SMILES string of the molecule is CCC(O)(CC)c1ccc2cc(O)ccc2c1. The van der Waals surface area contributed by atoms with E-state index in [4.69, 9.17) is 0 Å². The number of hydrogen-bond acceptors (Lipinski definition) is 2. The molecule has 0 atom stereocenters. The average Bonchev–Trinajstić information content (AvgIpc) is 2.37. The van der Waals surface area contributed by atoms with E-state index in [1.165, 1.54) is 0 Å². The lowest BCUT2D eigenvalue weighted by Crippen LogP contribution is -2.23. The number of phenols is 1. The molecule has 2 aromatic carbocycles. The zero-order valence-electron chi connectivity index (χ0n) is 10.3. The van der Waals surface area contributed by atoms with Crippen molar-refractivity contribution in [2.75, 3.05) is 0 Å². The molecule has 0 aliphatic carbocycles. The maximum Gasteiger partial charge on any atom is 0.116 e. The van der Waals surface area contributed by atoms with Gasteiger partial charge in [0.1, 0.15) is 5.75 Å². The van der Waals surface area contributed by atoms with E-state index in [2.05, 4.69) is 0 Å². The van der Waals surface area contributed by atoms with E-state index in [9.17, 15) is 10.2 Å². The second kappa shape index (κ2) is 4.38. The van der Waals surface area contributed by atoms with Crippen LogP contribution in [0.25, 0.3) is 10.8 Å². The van der Waals surface area contributed by atoms with Crippen molar-refractivity contribution in [3.05, 3.63) is 42.0 Å². The first-order valence-corrected chi connectivity index (χ1v) is 6.04. The van der Waals surface area contributed by atoms with Gasteiger partial charge >= 0.3 is 0 Å². The normalized spacial score (nSPS) is 11.9. The smallest absolute Gasteiger partial charge is 0.116 e. The molecule has 0 amide bonds. The minimum absolute atomic E-state index is 0.270. The van der Waals surface area contributed by atoms with Crippen LogP contribution in [-0.4, -0.2) is 10.2 Å². The molecule has 17 heavy (non-hydrogen) atoms. The third kappa shape index (κ3) is 2.13. The Morgan fingerprint density at radius 1 is 0.941 bits per heavy atom. The average molecular weight is 230 g/mol. The molecule has 0 aliphatic heterocycles. The van der Waals surface area contributed by atoms with Crippen LogP contribution < -0.4 is 0 Å². The van der Waals surface area contributed by atoms with E-state index in [1.807, 2.05) is 38.1 Å². The summed E-state index contributed by atoms with van der Waals surface area (Å²) in [7, 11) is 0. The summed E-state index contributed by atoms with van der Waals surface area (Å²) in [5.41, 5.74) is 0.201. The first-order chi connectivity index (χ1) is 8.09. The molecule has 0 saturated carbocycles. The van der Waals surface area contributed by atoms with Gasteiger partial charge in [-0.1, -0.05) is 32.0 Å². The summed E-state index contributed by atoms with van der Waals surface area (Å²) in [6.45, 7) is 3.98. The van der Waals surface area contributed by atoms with E-state index in [1.54, 1.807) is 12.1 Å². The van der Waals surface area contributed by atoms with Crippen molar-refractivity contribution in [2.24, 2.45) is 0 Å². The molecule has 2 N–H and O–H groups in total. The van der Waals surface area contributed by atoms with Crippen LogP contribution in [0.3, 0.4) is 0 Å². The van der Waals surface area contributed by atoms with Gasteiger partial charge < -0.3 is 10.2 Å². The third-order valence-corrected chi connectivity index (χ3v) is 3.53. The highest BCUT2D eigenvalue weighted by molar-refractivity contribution is 5.84. The molecule has 0 aliphatic rings. The van der Waals surface area contributed by atoms with Crippen molar-refractivity contribution in [3.63, 3.8) is 0 Å². The molecular weight excluding hydrogens is 212 g/mol. The first-order valence-electron chi connectivity index (χ1n) is 6.04. The van der Waals surface area contributed by atoms with Crippen LogP contribution in [0.2, 0.25) is 0 Å². The largest absolute Gasteiger partial charge is 0.508 e. The highest BCUT2D eigenvalue weighted by atomic mass is 16.3. The van der Waals surface area contributed by atoms with E-state index in [0.717, 1.165) is 16.3 Å². The highest BCUT2D eigenvalue weighted by Crippen LogP contribution is 2.31. The molecule has 0 radical (unpaired) electrons. The predicted molar refractivity (Wildman–Crippen MR) is 70.1 cm³/mol. The number of aromatic hydroxyl groups is 1. The lowest BCUT2D eigenvalue weighted by molar-refractivity contribution is 0.0285. The van der Waals surface area contributed by atoms with Crippen LogP contribution in [0, 0.1) is 0 Å². The van der Waals surface area contributed by atoms with Gasteiger partial charge in [0.25, 0.3) is 0 Å². The zero-order valence-corrected chi connectivity index (χ0v) is 10.3. The summed E-state index contributed by atoms with van der Waals surface area (Å²) in [6.07, 6.45) is 1.40. The minimum Gasteiger partial charge on any atom is -0.508 e. The molecule has 0 bridgehead atoms. The topological polar surface area (TPSA) is 40.5 Å². The molecule has 2 rings (SSSR count). The van der Waals surface area contributed by atoms with Gasteiger partial charge in [0.05, 0.1) is 5.60 Å². The van der Waals surface area contributed by atoms with Gasteiger partial charge in [-0.2, -0.15) is 0 Å². The highest BCUT2D eigenvalue weighted by Gasteiger charge is 2.24. The Bertz CT molecular complexity index is 527. The van der Waals surface area contributed by atoms with Crippen molar-refractivity contribution in [1.82, 2.24) is 0 Å². The van der Waals surface area contributed by atoms with Crippen molar-refractivity contribution < 1.29 is 10.2 Å². The second-order valence-corrected chi connectivity index (χ2v) is 4.48. The molecule has 2 heteroatoms. The molecule has 0 spiro atoms. The lowest BCUT2D eigenvalue weighted by Gasteiger charge is -2.26. The van der Waals surface area contributed by atoms with E-state index < -0.39 is 5.60 Å². The molecule has 2 nitrogen and oxygen atoms in total.